The van der Waals surface area contributed by atoms with Gasteiger partial charge in [0.05, 0.1) is 47.4 Å². The number of benzene rings is 2. The summed E-state index contributed by atoms with van der Waals surface area (Å²) in [6.45, 7) is 6.59. The van der Waals surface area contributed by atoms with E-state index >= 15 is 0 Å². The molecule has 3 aromatic heterocycles. The highest BCUT2D eigenvalue weighted by Gasteiger charge is 2.37. The number of methoxy groups -OCH3 is 2. The van der Waals surface area contributed by atoms with Gasteiger partial charge in [-0.3, -0.25) is 9.48 Å². The Bertz CT molecular complexity index is 2030. The van der Waals surface area contributed by atoms with E-state index in [-0.39, 0.29) is 11.9 Å². The molecule has 4 heterocycles. The lowest BCUT2D eigenvalue weighted by Gasteiger charge is -2.40. The van der Waals surface area contributed by atoms with Gasteiger partial charge in [0.15, 0.2) is 0 Å². The van der Waals surface area contributed by atoms with Crippen molar-refractivity contribution in [2.45, 2.75) is 39.0 Å². The Kier molecular flexibility index (Phi) is 9.53. The number of hydrogen-bond donors (Lipinski definition) is 2. The summed E-state index contributed by atoms with van der Waals surface area (Å²) < 4.78 is 18.3. The molecular weight excluding hydrogens is 669 g/mol. The Morgan fingerprint density at radius 3 is 2.45 bits per heavy atom. The highest BCUT2D eigenvalue weighted by molar-refractivity contribution is 6.37. The fraction of sp³-hybridized carbons (Fsp3) is 0.286. The van der Waals surface area contributed by atoms with E-state index in [9.17, 15) is 9.59 Å². The molecule has 0 unspecified atom stereocenters. The normalized spacial score (nSPS) is 13.2. The van der Waals surface area contributed by atoms with E-state index < -0.39 is 11.7 Å². The highest BCUT2D eigenvalue weighted by Crippen LogP contribution is 2.42. The number of hydrogen-bond acceptors (Lipinski definition) is 9. The van der Waals surface area contributed by atoms with Gasteiger partial charge in [0.1, 0.15) is 34.4 Å². The number of amides is 2. The quantitative estimate of drug-likeness (QED) is 0.160. The first-order chi connectivity index (χ1) is 23.5. The number of carbonyl (C=O) groups is 2. The number of likely N-dealkylation sites (tertiary alicyclic amines) is 1. The molecular formula is C35H35Cl2N7O5. The van der Waals surface area contributed by atoms with Gasteiger partial charge in [-0.15, -0.1) is 0 Å². The van der Waals surface area contributed by atoms with Crippen LogP contribution in [0.15, 0.2) is 67.0 Å². The number of fused-ring (bicyclic) bond motifs is 1. The van der Waals surface area contributed by atoms with Gasteiger partial charge in [-0.1, -0.05) is 35.3 Å². The van der Waals surface area contributed by atoms with Crippen LogP contribution in [0.2, 0.25) is 10.0 Å². The first kappa shape index (κ1) is 33.8. The first-order valence-corrected chi connectivity index (χ1v) is 16.2. The predicted molar refractivity (Wildman–Crippen MR) is 189 cm³/mol. The lowest BCUT2D eigenvalue weighted by molar-refractivity contribution is 0.000184. The van der Waals surface area contributed by atoms with Gasteiger partial charge in [-0.25, -0.2) is 14.8 Å². The van der Waals surface area contributed by atoms with Gasteiger partial charge in [0.2, 0.25) is 0 Å². The fourth-order valence-electron chi connectivity index (χ4n) is 5.46. The first-order valence-electron chi connectivity index (χ1n) is 15.5. The Morgan fingerprint density at radius 1 is 0.980 bits per heavy atom. The van der Waals surface area contributed by atoms with Crippen LogP contribution in [-0.2, 0) is 11.3 Å². The van der Waals surface area contributed by atoms with E-state index in [1.807, 2.05) is 43.7 Å². The van der Waals surface area contributed by atoms with Crippen molar-refractivity contribution in [2.75, 3.05) is 37.9 Å². The molecule has 14 heteroatoms. The van der Waals surface area contributed by atoms with E-state index in [0.717, 1.165) is 5.56 Å². The summed E-state index contributed by atoms with van der Waals surface area (Å²) in [6, 6.07) is 15.6. The van der Waals surface area contributed by atoms with E-state index in [4.69, 9.17) is 42.5 Å². The number of carbonyl (C=O) groups excluding carboxylic acids is 2. The summed E-state index contributed by atoms with van der Waals surface area (Å²) in [5, 5.41) is 12.5. The third-order valence-electron chi connectivity index (χ3n) is 7.87. The van der Waals surface area contributed by atoms with Crippen LogP contribution in [0.25, 0.3) is 22.2 Å². The molecule has 5 aromatic rings. The molecule has 1 saturated heterocycles. The Hall–Kier alpha value is -5.07. The number of ether oxygens (including phenoxy) is 3. The molecule has 49 heavy (non-hydrogen) atoms. The van der Waals surface area contributed by atoms with Gasteiger partial charge < -0.3 is 29.7 Å². The molecule has 1 aliphatic heterocycles. The minimum atomic E-state index is -0.618. The van der Waals surface area contributed by atoms with Crippen LogP contribution in [0.3, 0.4) is 0 Å². The maximum Gasteiger partial charge on any atom is 0.410 e. The van der Waals surface area contributed by atoms with Crippen molar-refractivity contribution in [1.82, 2.24) is 24.6 Å². The second-order valence-corrected chi connectivity index (χ2v) is 13.2. The van der Waals surface area contributed by atoms with Crippen molar-refractivity contribution in [2.24, 2.45) is 0 Å². The summed E-state index contributed by atoms with van der Waals surface area (Å²) in [6.07, 6.45) is 2.76. The molecule has 6 rings (SSSR count). The van der Waals surface area contributed by atoms with Gasteiger partial charge in [0.25, 0.3) is 5.91 Å². The van der Waals surface area contributed by atoms with E-state index in [0.29, 0.717) is 80.5 Å². The monoisotopic (exact) mass is 703 g/mol. The third kappa shape index (κ3) is 7.20. The van der Waals surface area contributed by atoms with Gasteiger partial charge in [0, 0.05) is 48.6 Å². The second kappa shape index (κ2) is 13.8. The number of pyridine rings is 2. The van der Waals surface area contributed by atoms with Gasteiger partial charge >= 0.3 is 6.09 Å². The number of nitrogens with one attached hydrogen (secondary N) is 2. The topological polar surface area (TPSA) is 133 Å². The number of anilines is 2. The van der Waals surface area contributed by atoms with Crippen molar-refractivity contribution in [3.8, 4) is 22.8 Å². The van der Waals surface area contributed by atoms with Crippen molar-refractivity contribution in [3.63, 3.8) is 0 Å². The summed E-state index contributed by atoms with van der Waals surface area (Å²) in [4.78, 5) is 36.2. The molecule has 2 aromatic carbocycles. The molecule has 2 amide bonds. The largest absolute Gasteiger partial charge is 0.497 e. The molecule has 0 saturated carbocycles. The van der Waals surface area contributed by atoms with Crippen molar-refractivity contribution < 1.29 is 23.8 Å². The van der Waals surface area contributed by atoms with Crippen molar-refractivity contribution >= 4 is 57.7 Å². The molecule has 1 fully saturated rings. The van der Waals surface area contributed by atoms with Crippen molar-refractivity contribution in [1.29, 1.82) is 0 Å². The average Bonchev–Trinajstić information content (AvgIpc) is 3.44. The predicted octanol–water partition coefficient (Wildman–Crippen LogP) is 7.47. The lowest BCUT2D eigenvalue weighted by Crippen LogP contribution is -2.52. The third-order valence-corrected chi connectivity index (χ3v) is 8.46. The molecule has 0 bridgehead atoms. The van der Waals surface area contributed by atoms with Crippen LogP contribution in [-0.4, -0.2) is 69.6 Å². The van der Waals surface area contributed by atoms with E-state index in [1.54, 1.807) is 67.9 Å². The molecule has 0 radical (unpaired) electrons. The Morgan fingerprint density at radius 2 is 1.78 bits per heavy atom. The molecule has 0 spiro atoms. The van der Waals surface area contributed by atoms with Crippen LogP contribution in [0, 0.1) is 0 Å². The number of nitrogens with zero attached hydrogens (tertiary/aromatic N) is 5. The maximum absolute atomic E-state index is 13.0. The van der Waals surface area contributed by atoms with Gasteiger partial charge in [-0.05, 0) is 57.2 Å². The minimum absolute atomic E-state index is 0.194. The summed E-state index contributed by atoms with van der Waals surface area (Å²) in [5.74, 6) is 1.88. The van der Waals surface area contributed by atoms with E-state index in [1.165, 1.54) is 0 Å². The van der Waals surface area contributed by atoms with Gasteiger partial charge in [-0.2, -0.15) is 5.10 Å². The zero-order chi connectivity index (χ0) is 34.9. The molecule has 1 aliphatic rings. The molecule has 0 aliphatic carbocycles. The fourth-order valence-corrected chi connectivity index (χ4v) is 5.96. The Balaban J connectivity index is 1.38. The molecule has 0 atom stereocenters. The van der Waals surface area contributed by atoms with Crippen molar-refractivity contribution in [3.05, 3.63) is 88.2 Å². The molecule has 12 nitrogen and oxygen atoms in total. The van der Waals surface area contributed by atoms with Crippen LogP contribution in [0.1, 0.15) is 42.7 Å². The number of rotatable bonds is 9. The maximum atomic E-state index is 13.0. The zero-order valence-corrected chi connectivity index (χ0v) is 29.1. The van der Waals surface area contributed by atoms with Crippen LogP contribution < -0.4 is 20.1 Å². The number of aromatic nitrogens is 4. The standard InChI is InChI=1S/C35H35Cl2N7O5/c1-35(2,3)49-34(46)43-18-22(19-43)44-31-26(37)17-40-32(39-16-21-9-11-23(47-4)15-27(21)48-5)29(31)30(42-44)24-12-10-20(14-25(24)36)33(45)41-28-8-6-7-13-38-28/h6-15,17,22H,16,18-19H2,1-5H3,(H,39,40)(H,38,41,45). The minimum Gasteiger partial charge on any atom is -0.497 e. The number of halogens is 2. The summed E-state index contributed by atoms with van der Waals surface area (Å²) in [7, 11) is 3.19. The zero-order valence-electron chi connectivity index (χ0n) is 27.6. The SMILES string of the molecule is COc1ccc(CNc2ncc(Cl)c3c2c(-c2ccc(C(=O)Nc4ccccn4)cc2Cl)nn3C2CN(C(=O)OC(C)(C)C)C2)c(OC)c1. The van der Waals surface area contributed by atoms with Crippen LogP contribution >= 0.6 is 23.2 Å². The molecule has 254 valence electrons. The summed E-state index contributed by atoms with van der Waals surface area (Å²) >= 11 is 13.7. The summed E-state index contributed by atoms with van der Waals surface area (Å²) in [5.41, 5.74) is 2.29. The smallest absolute Gasteiger partial charge is 0.410 e. The average molecular weight is 705 g/mol. The lowest BCUT2D eigenvalue weighted by atomic mass is 10.0. The Labute approximate surface area is 293 Å². The van der Waals surface area contributed by atoms with Crippen LogP contribution in [0.5, 0.6) is 11.5 Å². The van der Waals surface area contributed by atoms with Crippen LogP contribution in [0.4, 0.5) is 16.4 Å². The highest BCUT2D eigenvalue weighted by atomic mass is 35.5. The second-order valence-electron chi connectivity index (χ2n) is 12.4. The van der Waals surface area contributed by atoms with E-state index in [2.05, 4.69) is 20.6 Å². The molecule has 2 N–H and O–H groups in total.